The fourth-order valence-corrected chi connectivity index (χ4v) is 2.85. The number of hydrogen-bond donors (Lipinski definition) is 1. The van der Waals surface area contributed by atoms with Crippen molar-refractivity contribution in [2.24, 2.45) is 5.41 Å². The first-order chi connectivity index (χ1) is 8.70. The van der Waals surface area contributed by atoms with E-state index in [1.807, 2.05) is 0 Å². The van der Waals surface area contributed by atoms with Gasteiger partial charge in [0.15, 0.2) is 0 Å². The second-order valence-electron chi connectivity index (χ2n) is 5.90. The topological polar surface area (TPSA) is 30.5 Å². The highest BCUT2D eigenvalue weighted by atomic mass is 16.5. The summed E-state index contributed by atoms with van der Waals surface area (Å²) in [5, 5.41) is 3.52. The molecule has 1 aliphatic rings. The lowest BCUT2D eigenvalue weighted by Gasteiger charge is -2.31. The van der Waals surface area contributed by atoms with Crippen LogP contribution in [0.5, 0.6) is 0 Å². The van der Waals surface area contributed by atoms with Gasteiger partial charge in [-0.25, -0.2) is 0 Å². The van der Waals surface area contributed by atoms with Gasteiger partial charge in [0.25, 0.3) is 0 Å². The Kier molecular flexibility index (Phi) is 7.87. The van der Waals surface area contributed by atoms with Gasteiger partial charge in [-0.05, 0) is 37.5 Å². The summed E-state index contributed by atoms with van der Waals surface area (Å²) in [5.41, 5.74) is 0.411. The minimum atomic E-state index is 0.411. The quantitative estimate of drug-likeness (QED) is 0.610. The van der Waals surface area contributed by atoms with Crippen molar-refractivity contribution in [1.82, 2.24) is 5.32 Å². The van der Waals surface area contributed by atoms with Crippen LogP contribution in [-0.2, 0) is 9.47 Å². The largest absolute Gasteiger partial charge is 0.383 e. The second kappa shape index (κ2) is 8.89. The molecule has 0 spiro atoms. The fraction of sp³-hybridized carbons (Fsp3) is 1.00. The lowest BCUT2D eigenvalue weighted by Crippen LogP contribution is -2.34. The summed E-state index contributed by atoms with van der Waals surface area (Å²) in [6.07, 6.45) is 8.09. The minimum Gasteiger partial charge on any atom is -0.383 e. The van der Waals surface area contributed by atoms with Gasteiger partial charge < -0.3 is 14.8 Å². The third-order valence-electron chi connectivity index (χ3n) is 3.98. The van der Waals surface area contributed by atoms with Crippen molar-refractivity contribution in [1.29, 1.82) is 0 Å². The van der Waals surface area contributed by atoms with E-state index in [1.54, 1.807) is 7.11 Å². The molecule has 0 amide bonds. The molecule has 1 aliphatic heterocycles. The molecule has 0 radical (unpaired) electrons. The molecule has 1 heterocycles. The molecular weight excluding hydrogens is 226 g/mol. The van der Waals surface area contributed by atoms with Crippen LogP contribution in [0, 0.1) is 5.41 Å². The molecule has 1 rings (SSSR count). The van der Waals surface area contributed by atoms with Crippen LogP contribution in [0.15, 0.2) is 0 Å². The van der Waals surface area contributed by atoms with E-state index >= 15 is 0 Å². The summed E-state index contributed by atoms with van der Waals surface area (Å²) in [5.74, 6) is 0. The van der Waals surface area contributed by atoms with Crippen molar-refractivity contribution in [2.75, 3.05) is 33.4 Å². The van der Waals surface area contributed by atoms with Gasteiger partial charge in [-0.1, -0.05) is 20.3 Å². The Labute approximate surface area is 113 Å². The summed E-state index contributed by atoms with van der Waals surface area (Å²) < 4.78 is 10.8. The third-order valence-corrected chi connectivity index (χ3v) is 3.98. The van der Waals surface area contributed by atoms with Crippen LogP contribution in [0.4, 0.5) is 0 Å². The minimum absolute atomic E-state index is 0.411. The molecule has 1 saturated heterocycles. The van der Waals surface area contributed by atoms with E-state index in [1.165, 1.54) is 38.5 Å². The Hall–Kier alpha value is -0.120. The molecule has 0 bridgehead atoms. The number of ether oxygens (including phenoxy) is 2. The molecule has 108 valence electrons. The maximum absolute atomic E-state index is 5.73. The number of nitrogens with one attached hydrogen (secondary N) is 1. The first-order valence-corrected chi connectivity index (χ1v) is 7.51. The van der Waals surface area contributed by atoms with Crippen LogP contribution in [0.25, 0.3) is 0 Å². The zero-order chi connectivity index (χ0) is 13.3. The van der Waals surface area contributed by atoms with E-state index in [4.69, 9.17) is 9.47 Å². The highest BCUT2D eigenvalue weighted by Gasteiger charge is 2.25. The predicted octanol–water partition coefficient (Wildman–Crippen LogP) is 2.99. The van der Waals surface area contributed by atoms with Gasteiger partial charge in [-0.2, -0.15) is 0 Å². The van der Waals surface area contributed by atoms with Crippen LogP contribution in [0.3, 0.4) is 0 Å². The molecule has 0 aliphatic carbocycles. The average Bonchev–Trinajstić information content (AvgIpc) is 2.86. The van der Waals surface area contributed by atoms with Crippen molar-refractivity contribution in [3.05, 3.63) is 0 Å². The Morgan fingerprint density at radius 3 is 2.83 bits per heavy atom. The van der Waals surface area contributed by atoms with Gasteiger partial charge in [0.2, 0.25) is 0 Å². The Morgan fingerprint density at radius 1 is 1.39 bits per heavy atom. The zero-order valence-corrected chi connectivity index (χ0v) is 12.5. The highest BCUT2D eigenvalue weighted by molar-refractivity contribution is 4.79. The molecule has 2 atom stereocenters. The van der Waals surface area contributed by atoms with Crippen LogP contribution >= 0.6 is 0 Å². The zero-order valence-electron chi connectivity index (χ0n) is 12.5. The number of methoxy groups -OCH3 is 1. The molecule has 0 saturated carbocycles. The summed E-state index contributed by atoms with van der Waals surface area (Å²) >= 11 is 0. The first-order valence-electron chi connectivity index (χ1n) is 7.51. The van der Waals surface area contributed by atoms with E-state index in [9.17, 15) is 0 Å². The van der Waals surface area contributed by atoms with Crippen molar-refractivity contribution in [3.63, 3.8) is 0 Å². The molecule has 1 fully saturated rings. The number of hydrogen-bond acceptors (Lipinski definition) is 3. The van der Waals surface area contributed by atoms with Crippen LogP contribution in [0.2, 0.25) is 0 Å². The summed E-state index contributed by atoms with van der Waals surface area (Å²) in [4.78, 5) is 0. The molecule has 18 heavy (non-hydrogen) atoms. The Bertz CT molecular complexity index is 205. The van der Waals surface area contributed by atoms with Crippen molar-refractivity contribution in [3.8, 4) is 0 Å². The van der Waals surface area contributed by atoms with Gasteiger partial charge in [-0.15, -0.1) is 0 Å². The lowest BCUT2D eigenvalue weighted by molar-refractivity contribution is 0.0871. The van der Waals surface area contributed by atoms with E-state index in [-0.39, 0.29) is 0 Å². The lowest BCUT2D eigenvalue weighted by atomic mass is 9.80. The second-order valence-corrected chi connectivity index (χ2v) is 5.90. The molecule has 0 aromatic rings. The van der Waals surface area contributed by atoms with Gasteiger partial charge >= 0.3 is 0 Å². The monoisotopic (exact) mass is 257 g/mol. The smallest absolute Gasteiger partial charge is 0.0587 e. The summed E-state index contributed by atoms with van der Waals surface area (Å²) in [6, 6.07) is 0. The Balaban J connectivity index is 2.25. The van der Waals surface area contributed by atoms with Crippen LogP contribution in [-0.4, -0.2) is 39.5 Å². The van der Waals surface area contributed by atoms with E-state index in [2.05, 4.69) is 19.2 Å². The van der Waals surface area contributed by atoms with Crippen molar-refractivity contribution in [2.45, 2.75) is 58.5 Å². The molecule has 1 N–H and O–H groups in total. The molecule has 3 nitrogen and oxygen atoms in total. The summed E-state index contributed by atoms with van der Waals surface area (Å²) in [7, 11) is 1.75. The maximum Gasteiger partial charge on any atom is 0.0587 e. The van der Waals surface area contributed by atoms with E-state index in [0.717, 1.165) is 26.3 Å². The number of rotatable bonds is 10. The van der Waals surface area contributed by atoms with Gasteiger partial charge in [-0.3, -0.25) is 0 Å². The van der Waals surface area contributed by atoms with Crippen LogP contribution < -0.4 is 5.32 Å². The normalized spacial score (nSPS) is 23.2. The molecule has 0 aromatic carbocycles. The SMILES string of the molecule is CCCC(C)(CCC1CCCO1)CNCCOC. The van der Waals surface area contributed by atoms with Crippen molar-refractivity contribution >= 4 is 0 Å². The first kappa shape index (κ1) is 15.9. The Morgan fingerprint density at radius 2 is 2.22 bits per heavy atom. The fourth-order valence-electron chi connectivity index (χ4n) is 2.85. The molecule has 2 unspecified atom stereocenters. The third kappa shape index (κ3) is 6.17. The van der Waals surface area contributed by atoms with Crippen molar-refractivity contribution < 1.29 is 9.47 Å². The maximum atomic E-state index is 5.73. The summed E-state index contributed by atoms with van der Waals surface area (Å²) in [6.45, 7) is 8.51. The van der Waals surface area contributed by atoms with E-state index in [0.29, 0.717) is 11.5 Å². The van der Waals surface area contributed by atoms with Gasteiger partial charge in [0.05, 0.1) is 12.7 Å². The average molecular weight is 257 g/mol. The van der Waals surface area contributed by atoms with E-state index < -0.39 is 0 Å². The standard InChI is InChI=1S/C15H31NO2/c1-4-8-15(2,13-16-10-12-17-3)9-7-14-6-5-11-18-14/h14,16H,4-13H2,1-3H3. The predicted molar refractivity (Wildman–Crippen MR) is 76.0 cm³/mol. The highest BCUT2D eigenvalue weighted by Crippen LogP contribution is 2.31. The van der Waals surface area contributed by atoms with Gasteiger partial charge in [0.1, 0.15) is 0 Å². The molecular formula is C15H31NO2. The van der Waals surface area contributed by atoms with Crippen LogP contribution in [0.1, 0.15) is 52.4 Å². The molecule has 0 aromatic heterocycles. The van der Waals surface area contributed by atoms with Gasteiger partial charge in [0, 0.05) is 26.8 Å². The molecule has 3 heteroatoms.